The fourth-order valence-electron chi connectivity index (χ4n) is 3.91. The molecular weight excluding hydrogens is 926 g/mol. The molecule has 0 bridgehead atoms. The first kappa shape index (κ1) is 54.4. The van der Waals surface area contributed by atoms with Gasteiger partial charge in [-0.25, -0.2) is 14.4 Å². The van der Waals surface area contributed by atoms with Crippen molar-refractivity contribution in [1.29, 1.82) is 0 Å². The summed E-state index contributed by atoms with van der Waals surface area (Å²) < 4.78 is 28.2. The normalized spacial score (nSPS) is 10.4. The Balaban J connectivity index is -0.00000136. The molecule has 52 heavy (non-hydrogen) atoms. The topological polar surface area (TPSA) is 280 Å². The number of hydrogen-bond donors (Lipinski definition) is 6. The van der Waals surface area contributed by atoms with Crippen molar-refractivity contribution in [2.45, 2.75) is 57.2 Å². The van der Waals surface area contributed by atoms with Gasteiger partial charge in [0.15, 0.2) is 0 Å². The Hall–Kier alpha value is -4.40. The van der Waals surface area contributed by atoms with Gasteiger partial charge in [-0.05, 0) is 37.8 Å². The largest absolute Gasteiger partial charge is 0 e. The van der Waals surface area contributed by atoms with Crippen molar-refractivity contribution in [3.05, 3.63) is 86.7 Å². The van der Waals surface area contributed by atoms with Crippen LogP contribution in [-0.4, -0.2) is 98.4 Å². The Kier molecular flexibility index (Phi) is 38.1. The number of hydrogen-bond acceptors (Lipinski definition) is 9. The number of halogens is 1. The number of carbonyl (C=O) groups is 5. The van der Waals surface area contributed by atoms with Gasteiger partial charge in [0.25, 0.3) is 0 Å². The smallest absolute Gasteiger partial charge is 0 e. The molecule has 6 N–H and O–H groups in total. The second-order valence-corrected chi connectivity index (χ2v) is 9.72. The monoisotopic (exact) mass is 965 g/mol. The molecule has 0 unspecified atom stereocenters. The van der Waals surface area contributed by atoms with Gasteiger partial charge >= 0.3 is 57.8 Å². The van der Waals surface area contributed by atoms with E-state index < -0.39 is 42.4 Å². The number of carbonyl (C=O) groups excluding carboxylic acids is 2. The van der Waals surface area contributed by atoms with Crippen molar-refractivity contribution in [2.75, 3.05) is 26.3 Å². The number of nitrogens with zero attached hydrogens (tertiary/aromatic N) is 3. The SMILES string of the molecule is O=C(O)CC[C@H](NC(=O)N[C@@H](CCCCNC(=O)CCOCCN([CH-]c1ccccn1)Cc1ccccn1)C(=O)O)C(=O)O.[Br-].[C-]#[O+].[C-]#[O+].[C-]#[O+].[Re]. The Morgan fingerprint density at radius 3 is 1.90 bits per heavy atom. The summed E-state index contributed by atoms with van der Waals surface area (Å²) in [6, 6.07) is 7.55. The zero-order chi connectivity index (χ0) is 38.2. The number of amides is 3. The summed E-state index contributed by atoms with van der Waals surface area (Å²) in [6.45, 7) is 17.5. The molecule has 0 spiro atoms. The second-order valence-electron chi connectivity index (χ2n) is 9.72. The molecule has 2 aromatic rings. The first-order valence-electron chi connectivity index (χ1n) is 14.7. The third-order valence-electron chi connectivity index (χ3n) is 6.19. The van der Waals surface area contributed by atoms with Crippen molar-refractivity contribution in [1.82, 2.24) is 30.8 Å². The Morgan fingerprint density at radius 1 is 0.808 bits per heavy atom. The van der Waals surface area contributed by atoms with Gasteiger partial charge in [0.2, 0.25) is 5.91 Å². The molecule has 0 saturated heterocycles. The van der Waals surface area contributed by atoms with E-state index in [0.717, 1.165) is 11.4 Å². The molecule has 3 amide bonds. The molecule has 0 aromatic carbocycles. The fourth-order valence-corrected chi connectivity index (χ4v) is 3.91. The van der Waals surface area contributed by atoms with Crippen LogP contribution in [-0.2, 0) is 64.8 Å². The molecule has 2 aromatic heterocycles. The average molecular weight is 966 g/mol. The van der Waals surface area contributed by atoms with E-state index in [1.54, 1.807) is 12.4 Å². The molecular formula is C32H39BrN6O12Re-2. The molecule has 0 aliphatic rings. The van der Waals surface area contributed by atoms with E-state index in [2.05, 4.69) is 45.9 Å². The Labute approximate surface area is 325 Å². The summed E-state index contributed by atoms with van der Waals surface area (Å²) in [4.78, 5) is 68.3. The van der Waals surface area contributed by atoms with Gasteiger partial charge in [-0.3, -0.25) is 19.6 Å². The molecule has 18 nitrogen and oxygen atoms in total. The fraction of sp³-hybridized carbons (Fsp3) is 0.406. The van der Waals surface area contributed by atoms with Crippen molar-refractivity contribution in [3.8, 4) is 0 Å². The summed E-state index contributed by atoms with van der Waals surface area (Å²) in [5, 5.41) is 34.2. The van der Waals surface area contributed by atoms with Crippen LogP contribution < -0.4 is 32.9 Å². The number of nitrogens with one attached hydrogen (secondary N) is 3. The van der Waals surface area contributed by atoms with E-state index in [1.807, 2.05) is 47.8 Å². The second kappa shape index (κ2) is 36.4. The van der Waals surface area contributed by atoms with Crippen LogP contribution in [0.5, 0.6) is 0 Å². The minimum absolute atomic E-state index is 0. The number of carboxylic acids is 3. The Bertz CT molecular complexity index is 1280. The van der Waals surface area contributed by atoms with Crippen LogP contribution in [0.4, 0.5) is 4.79 Å². The average Bonchev–Trinajstić information content (AvgIpc) is 3.12. The van der Waals surface area contributed by atoms with Gasteiger partial charge in [-0.2, -0.15) is 6.07 Å². The summed E-state index contributed by atoms with van der Waals surface area (Å²) >= 11 is 0. The molecule has 2 heterocycles. The Morgan fingerprint density at radius 2 is 1.38 bits per heavy atom. The van der Waals surface area contributed by atoms with E-state index >= 15 is 0 Å². The molecule has 0 aliphatic heterocycles. The van der Waals surface area contributed by atoms with E-state index in [-0.39, 0.29) is 69.2 Å². The molecule has 20 heteroatoms. The molecule has 285 valence electrons. The maximum absolute atomic E-state index is 12.2. The number of rotatable bonds is 22. The third-order valence-corrected chi connectivity index (χ3v) is 6.19. The summed E-state index contributed by atoms with van der Waals surface area (Å²) in [6.07, 6.45) is 3.61. The number of carboxylic acid groups (broad SMARTS) is 3. The first-order chi connectivity index (χ1) is 24.1. The van der Waals surface area contributed by atoms with Crippen molar-refractivity contribution in [3.63, 3.8) is 0 Å². The van der Waals surface area contributed by atoms with E-state index in [0.29, 0.717) is 39.1 Å². The molecule has 2 atom stereocenters. The van der Waals surface area contributed by atoms with Crippen LogP contribution >= 0.6 is 0 Å². The minimum atomic E-state index is -1.48. The molecule has 0 fully saturated rings. The number of aromatic nitrogens is 2. The molecule has 1 radical (unpaired) electrons. The number of aliphatic carboxylic acids is 3. The summed E-state index contributed by atoms with van der Waals surface area (Å²) in [7, 11) is 0. The predicted octanol–water partition coefficient (Wildman–Crippen LogP) is -1.86. The van der Waals surface area contributed by atoms with Crippen LogP contribution in [0.1, 0.15) is 49.9 Å². The maximum atomic E-state index is 12.2. The zero-order valence-corrected chi connectivity index (χ0v) is 32.0. The van der Waals surface area contributed by atoms with Crippen LogP contribution in [0.15, 0.2) is 48.8 Å². The van der Waals surface area contributed by atoms with Gasteiger partial charge < -0.3 is 57.9 Å². The van der Waals surface area contributed by atoms with Gasteiger partial charge in [-0.15, -0.1) is 12.6 Å². The van der Waals surface area contributed by atoms with Crippen LogP contribution in [0.3, 0.4) is 0 Å². The zero-order valence-electron chi connectivity index (χ0n) is 27.7. The summed E-state index contributed by atoms with van der Waals surface area (Å²) in [5.74, 6) is -4.19. The molecule has 0 aliphatic carbocycles. The van der Waals surface area contributed by atoms with Crippen LogP contribution in [0.25, 0.3) is 0 Å². The summed E-state index contributed by atoms with van der Waals surface area (Å²) in [5.41, 5.74) is 1.70. The third kappa shape index (κ3) is 28.3. The number of unbranched alkanes of at least 4 members (excludes halogenated alkanes) is 1. The van der Waals surface area contributed by atoms with Crippen molar-refractivity contribution in [2.24, 2.45) is 0 Å². The number of ether oxygens (including phenoxy) is 1. The molecule has 0 saturated carbocycles. The predicted molar refractivity (Wildman–Crippen MR) is 168 cm³/mol. The molecule has 2 rings (SSSR count). The van der Waals surface area contributed by atoms with Gasteiger partial charge in [0.05, 0.1) is 18.9 Å². The first-order valence-corrected chi connectivity index (χ1v) is 14.7. The van der Waals surface area contributed by atoms with E-state index in [9.17, 15) is 29.1 Å². The van der Waals surface area contributed by atoms with Crippen LogP contribution in [0, 0.1) is 26.5 Å². The van der Waals surface area contributed by atoms with Crippen LogP contribution in [0.2, 0.25) is 0 Å². The van der Waals surface area contributed by atoms with Crippen molar-refractivity contribution >= 4 is 29.8 Å². The van der Waals surface area contributed by atoms with Gasteiger partial charge in [0, 0.05) is 65.3 Å². The standard InChI is InChI=1S/C29H39N6O9.3CO.BrH.Re/c36-25(12-17-44-18-16-35(19-21-7-1-4-13-30-21)20-22-8-2-5-14-31-22)32-15-6-3-9-23(27(39)40)33-29(43)34-24(28(41)42)10-11-26(37)38;3*1-2;;/h1-2,4-5,7-8,13-14,19,23-24H,3,6,9-12,15-18,20H2,(H,32,36)(H,37,38)(H,39,40)(H,41,42)(H2,33,34,43);;;;1H;/q-1;;;;;/p-1/t23-,24-;;;;;/m0...../s1. The van der Waals surface area contributed by atoms with Crippen molar-refractivity contribution < 1.29 is 95.4 Å². The number of pyridine rings is 2. The minimum Gasteiger partial charge on any atom is 0 e. The van der Waals surface area contributed by atoms with Gasteiger partial charge in [0.1, 0.15) is 12.1 Å². The maximum Gasteiger partial charge on any atom is 0 e. The van der Waals surface area contributed by atoms with E-state index in [1.165, 1.54) is 0 Å². The van der Waals surface area contributed by atoms with E-state index in [4.69, 9.17) is 28.9 Å². The quantitative estimate of drug-likeness (QED) is 0.0431. The van der Waals surface area contributed by atoms with Gasteiger partial charge in [-0.1, -0.05) is 17.8 Å². The number of urea groups is 1.